The molecule has 1 aliphatic rings. The molecular formula is C22H27N3O6S. The molecule has 0 radical (unpaired) electrons. The van der Waals surface area contributed by atoms with E-state index in [2.05, 4.69) is 10.9 Å². The lowest BCUT2D eigenvalue weighted by Gasteiger charge is -2.18. The highest BCUT2D eigenvalue weighted by molar-refractivity contribution is 7.89. The largest absolute Gasteiger partial charge is 0.495 e. The van der Waals surface area contributed by atoms with Gasteiger partial charge < -0.3 is 9.47 Å². The third-order valence-electron chi connectivity index (χ3n) is 5.27. The molecule has 2 aromatic carbocycles. The van der Waals surface area contributed by atoms with E-state index in [-0.39, 0.29) is 22.8 Å². The first kappa shape index (κ1) is 23.6. The Labute approximate surface area is 187 Å². The van der Waals surface area contributed by atoms with Gasteiger partial charge in [0.1, 0.15) is 16.4 Å². The summed E-state index contributed by atoms with van der Waals surface area (Å²) in [7, 11) is -2.42. The molecule has 2 N–H and O–H groups in total. The van der Waals surface area contributed by atoms with Crippen LogP contribution < -0.4 is 20.3 Å². The third kappa shape index (κ3) is 5.38. The molecule has 0 aliphatic carbocycles. The lowest BCUT2D eigenvalue weighted by Crippen LogP contribution is -2.43. The van der Waals surface area contributed by atoms with Crippen molar-refractivity contribution >= 4 is 21.8 Å². The number of nitrogens with zero attached hydrogens (tertiary/aromatic N) is 1. The summed E-state index contributed by atoms with van der Waals surface area (Å²) in [5.74, 6) is -0.527. The molecule has 172 valence electrons. The van der Waals surface area contributed by atoms with Crippen molar-refractivity contribution in [2.75, 3.05) is 26.8 Å². The number of amides is 2. The number of carbonyl (C=O) groups excluding carboxylic acids is 2. The zero-order chi connectivity index (χ0) is 23.3. The highest BCUT2D eigenvalue weighted by atomic mass is 32.2. The van der Waals surface area contributed by atoms with Gasteiger partial charge in [-0.1, -0.05) is 6.07 Å². The van der Waals surface area contributed by atoms with Gasteiger partial charge in [-0.2, -0.15) is 4.31 Å². The second-order valence-electron chi connectivity index (χ2n) is 7.51. The van der Waals surface area contributed by atoms with E-state index in [4.69, 9.17) is 9.47 Å². The molecule has 0 atom stereocenters. The SMILES string of the molecule is COc1ccc(C(=O)NNC(=O)COc2ccc(C)c(C)c2)cc1S(=O)(=O)N1CCCC1. The van der Waals surface area contributed by atoms with Crippen LogP contribution in [0.5, 0.6) is 11.5 Å². The van der Waals surface area contributed by atoms with E-state index in [1.54, 1.807) is 6.07 Å². The minimum atomic E-state index is -3.79. The van der Waals surface area contributed by atoms with E-state index < -0.39 is 21.8 Å². The van der Waals surface area contributed by atoms with E-state index >= 15 is 0 Å². The number of nitrogens with one attached hydrogen (secondary N) is 2. The first-order chi connectivity index (χ1) is 15.2. The van der Waals surface area contributed by atoms with Gasteiger partial charge in [-0.25, -0.2) is 8.42 Å². The summed E-state index contributed by atoms with van der Waals surface area (Å²) in [6.07, 6.45) is 1.58. The Hall–Kier alpha value is -3.11. The van der Waals surface area contributed by atoms with Gasteiger partial charge in [0.05, 0.1) is 7.11 Å². The first-order valence-corrected chi connectivity index (χ1v) is 11.6. The van der Waals surface area contributed by atoms with Crippen molar-refractivity contribution in [3.63, 3.8) is 0 Å². The molecule has 2 amide bonds. The number of benzene rings is 2. The Morgan fingerprint density at radius 2 is 1.72 bits per heavy atom. The van der Waals surface area contributed by atoms with Crippen LogP contribution in [0.3, 0.4) is 0 Å². The van der Waals surface area contributed by atoms with E-state index in [1.165, 1.54) is 29.6 Å². The van der Waals surface area contributed by atoms with Crippen LogP contribution in [-0.4, -0.2) is 51.3 Å². The molecular weight excluding hydrogens is 434 g/mol. The molecule has 1 heterocycles. The Bertz CT molecular complexity index is 1110. The second kappa shape index (κ2) is 10.0. The normalized spacial score (nSPS) is 14.1. The number of methoxy groups -OCH3 is 1. The summed E-state index contributed by atoms with van der Waals surface area (Å²) in [5, 5.41) is 0. The van der Waals surface area contributed by atoms with E-state index in [1.807, 2.05) is 26.0 Å². The van der Waals surface area contributed by atoms with Crippen LogP contribution in [0.1, 0.15) is 34.3 Å². The Morgan fingerprint density at radius 1 is 1.00 bits per heavy atom. The molecule has 0 saturated carbocycles. The zero-order valence-electron chi connectivity index (χ0n) is 18.3. The van der Waals surface area contributed by atoms with Crippen LogP contribution in [-0.2, 0) is 14.8 Å². The van der Waals surface area contributed by atoms with Crippen LogP contribution in [0.2, 0.25) is 0 Å². The molecule has 0 unspecified atom stereocenters. The lowest BCUT2D eigenvalue weighted by atomic mass is 10.1. The van der Waals surface area contributed by atoms with Gasteiger partial charge in [0, 0.05) is 18.7 Å². The quantitative estimate of drug-likeness (QED) is 0.609. The molecule has 0 bridgehead atoms. The maximum Gasteiger partial charge on any atom is 0.276 e. The van der Waals surface area contributed by atoms with Crippen LogP contribution in [0, 0.1) is 13.8 Å². The number of sulfonamides is 1. The van der Waals surface area contributed by atoms with Gasteiger partial charge in [-0.3, -0.25) is 20.4 Å². The molecule has 1 aliphatic heterocycles. The van der Waals surface area contributed by atoms with E-state index in [0.717, 1.165) is 24.0 Å². The van der Waals surface area contributed by atoms with Crippen LogP contribution in [0.4, 0.5) is 0 Å². The number of carbonyl (C=O) groups is 2. The molecule has 1 saturated heterocycles. The van der Waals surface area contributed by atoms with Gasteiger partial charge in [0.15, 0.2) is 6.61 Å². The van der Waals surface area contributed by atoms with Crippen molar-refractivity contribution in [2.24, 2.45) is 0 Å². The number of hydrogen-bond acceptors (Lipinski definition) is 6. The molecule has 2 aromatic rings. The second-order valence-corrected chi connectivity index (χ2v) is 9.42. The smallest absolute Gasteiger partial charge is 0.276 e. The van der Waals surface area contributed by atoms with Gasteiger partial charge in [0.2, 0.25) is 10.0 Å². The molecule has 32 heavy (non-hydrogen) atoms. The summed E-state index contributed by atoms with van der Waals surface area (Å²) in [6.45, 7) is 4.48. The van der Waals surface area contributed by atoms with Gasteiger partial charge in [-0.15, -0.1) is 0 Å². The molecule has 0 aromatic heterocycles. The summed E-state index contributed by atoms with van der Waals surface area (Å²) < 4.78 is 37.9. The van der Waals surface area contributed by atoms with Gasteiger partial charge >= 0.3 is 0 Å². The Balaban J connectivity index is 1.63. The summed E-state index contributed by atoms with van der Waals surface area (Å²) in [5.41, 5.74) is 6.75. The molecule has 9 nitrogen and oxygen atoms in total. The summed E-state index contributed by atoms with van der Waals surface area (Å²) >= 11 is 0. The van der Waals surface area contributed by atoms with Gasteiger partial charge in [-0.05, 0) is 68.1 Å². The molecule has 1 fully saturated rings. The summed E-state index contributed by atoms with van der Waals surface area (Å²) in [4.78, 5) is 24.4. The lowest BCUT2D eigenvalue weighted by molar-refractivity contribution is -0.123. The van der Waals surface area contributed by atoms with Crippen molar-refractivity contribution in [2.45, 2.75) is 31.6 Å². The highest BCUT2D eigenvalue weighted by Crippen LogP contribution is 2.29. The van der Waals surface area contributed by atoms with Crippen molar-refractivity contribution < 1.29 is 27.5 Å². The van der Waals surface area contributed by atoms with Crippen LogP contribution >= 0.6 is 0 Å². The number of aryl methyl sites for hydroxylation is 2. The topological polar surface area (TPSA) is 114 Å². The van der Waals surface area contributed by atoms with Crippen molar-refractivity contribution in [1.82, 2.24) is 15.2 Å². The Morgan fingerprint density at radius 3 is 2.38 bits per heavy atom. The number of hydrazine groups is 1. The highest BCUT2D eigenvalue weighted by Gasteiger charge is 2.30. The monoisotopic (exact) mass is 461 g/mol. The maximum absolute atomic E-state index is 12.9. The molecule has 10 heteroatoms. The fraction of sp³-hybridized carbons (Fsp3) is 0.364. The van der Waals surface area contributed by atoms with E-state index in [9.17, 15) is 18.0 Å². The number of ether oxygens (including phenoxy) is 2. The predicted octanol–water partition coefficient (Wildman–Crippen LogP) is 1.94. The van der Waals surface area contributed by atoms with Gasteiger partial charge in [0.25, 0.3) is 11.8 Å². The number of rotatable bonds is 7. The van der Waals surface area contributed by atoms with Crippen LogP contribution in [0.25, 0.3) is 0 Å². The summed E-state index contributed by atoms with van der Waals surface area (Å²) in [6, 6.07) is 9.56. The van der Waals surface area contributed by atoms with Crippen molar-refractivity contribution in [3.05, 3.63) is 53.1 Å². The molecule has 0 spiro atoms. The van der Waals surface area contributed by atoms with Crippen molar-refractivity contribution in [1.29, 1.82) is 0 Å². The van der Waals surface area contributed by atoms with Crippen LogP contribution in [0.15, 0.2) is 41.3 Å². The first-order valence-electron chi connectivity index (χ1n) is 10.2. The van der Waals surface area contributed by atoms with Crippen molar-refractivity contribution in [3.8, 4) is 11.5 Å². The molecule has 3 rings (SSSR count). The minimum Gasteiger partial charge on any atom is -0.495 e. The standard InChI is InChI=1S/C22H27N3O6S/c1-15-6-8-18(12-16(15)2)31-14-21(26)23-24-22(27)17-7-9-19(30-3)20(13-17)32(28,29)25-10-4-5-11-25/h6-9,12-13H,4-5,10-11,14H2,1-3H3,(H,23,26)(H,24,27). The minimum absolute atomic E-state index is 0.0685. The third-order valence-corrected chi connectivity index (χ3v) is 7.19. The Kier molecular flexibility index (Phi) is 7.37. The predicted molar refractivity (Wildman–Crippen MR) is 118 cm³/mol. The number of hydrogen-bond donors (Lipinski definition) is 2. The fourth-order valence-corrected chi connectivity index (χ4v) is 4.97. The fourth-order valence-electron chi connectivity index (χ4n) is 3.27. The van der Waals surface area contributed by atoms with E-state index in [0.29, 0.717) is 18.8 Å². The average Bonchev–Trinajstić information content (AvgIpc) is 3.33. The average molecular weight is 462 g/mol. The maximum atomic E-state index is 12.9. The zero-order valence-corrected chi connectivity index (χ0v) is 19.1.